The fraction of sp³-hybridized carbons (Fsp3) is 0.192. The van der Waals surface area contributed by atoms with Crippen LogP contribution in [0.1, 0.15) is 21.6 Å². The number of hydrogen-bond donors (Lipinski definition) is 3. The number of rotatable bonds is 6. The Balaban J connectivity index is 1.32. The van der Waals surface area contributed by atoms with Gasteiger partial charge in [0, 0.05) is 30.4 Å². The molecular weight excluding hydrogens is 456 g/mol. The zero-order valence-electron chi connectivity index (χ0n) is 19.8. The molecule has 3 heterocycles. The van der Waals surface area contributed by atoms with Crippen molar-refractivity contribution in [1.82, 2.24) is 19.9 Å². The quantitative estimate of drug-likeness (QED) is 0.281. The summed E-state index contributed by atoms with van der Waals surface area (Å²) < 4.78 is 5.39. The third-order valence-corrected chi connectivity index (χ3v) is 5.99. The van der Waals surface area contributed by atoms with Crippen LogP contribution in [0.15, 0.2) is 65.8 Å². The molecule has 0 atom stereocenters. The van der Waals surface area contributed by atoms with Gasteiger partial charge in [-0.05, 0) is 53.9 Å². The number of benzene rings is 2. The normalized spacial score (nSPS) is 13.9. The number of aromatic nitrogens is 3. The van der Waals surface area contributed by atoms with Crippen molar-refractivity contribution in [3.8, 4) is 5.75 Å². The second kappa shape index (κ2) is 9.96. The number of amides is 1. The largest absolute Gasteiger partial charge is 0.494 e. The van der Waals surface area contributed by atoms with Crippen LogP contribution in [0, 0.1) is 0 Å². The Morgan fingerprint density at radius 2 is 2.03 bits per heavy atom. The highest BCUT2D eigenvalue weighted by Crippen LogP contribution is 2.30. The fourth-order valence-corrected chi connectivity index (χ4v) is 4.30. The lowest BCUT2D eigenvalue weighted by molar-refractivity contribution is 0.102. The molecule has 0 aliphatic carbocycles. The lowest BCUT2D eigenvalue weighted by atomic mass is 9.99. The van der Waals surface area contributed by atoms with Gasteiger partial charge in [0.15, 0.2) is 5.82 Å². The fourth-order valence-electron chi connectivity index (χ4n) is 4.30. The van der Waals surface area contributed by atoms with E-state index in [0.29, 0.717) is 47.1 Å². The minimum Gasteiger partial charge on any atom is -0.494 e. The average molecular weight is 483 g/mol. The topological polar surface area (TPSA) is 145 Å². The van der Waals surface area contributed by atoms with Crippen molar-refractivity contribution in [3.63, 3.8) is 0 Å². The van der Waals surface area contributed by atoms with E-state index in [1.807, 2.05) is 30.3 Å². The van der Waals surface area contributed by atoms with Gasteiger partial charge < -0.3 is 21.5 Å². The van der Waals surface area contributed by atoms with Crippen LogP contribution in [0.5, 0.6) is 5.75 Å². The maximum atomic E-state index is 12.5. The first kappa shape index (κ1) is 23.2. The van der Waals surface area contributed by atoms with Crippen molar-refractivity contribution in [1.29, 1.82) is 0 Å². The molecule has 1 aliphatic rings. The van der Waals surface area contributed by atoms with Gasteiger partial charge in [-0.1, -0.05) is 18.2 Å². The maximum absolute atomic E-state index is 12.5. The number of para-hydroxylation sites is 1. The number of anilines is 2. The van der Waals surface area contributed by atoms with E-state index in [9.17, 15) is 4.79 Å². The Kier molecular flexibility index (Phi) is 6.42. The summed E-state index contributed by atoms with van der Waals surface area (Å²) >= 11 is 0. The summed E-state index contributed by atoms with van der Waals surface area (Å²) in [5, 5.41) is 3.64. The molecule has 1 amide bonds. The van der Waals surface area contributed by atoms with Crippen molar-refractivity contribution in [2.24, 2.45) is 10.7 Å². The van der Waals surface area contributed by atoms with Crippen LogP contribution in [-0.2, 0) is 13.0 Å². The molecule has 182 valence electrons. The van der Waals surface area contributed by atoms with Crippen molar-refractivity contribution < 1.29 is 9.53 Å². The van der Waals surface area contributed by atoms with E-state index in [-0.39, 0.29) is 11.9 Å². The van der Waals surface area contributed by atoms with Gasteiger partial charge in [-0.2, -0.15) is 4.98 Å². The van der Waals surface area contributed by atoms with Crippen molar-refractivity contribution in [2.45, 2.75) is 13.0 Å². The number of hydrogen-bond acceptors (Lipinski definition) is 8. The van der Waals surface area contributed by atoms with Crippen LogP contribution in [0.25, 0.3) is 10.9 Å². The van der Waals surface area contributed by atoms with Crippen LogP contribution in [0.2, 0.25) is 0 Å². The van der Waals surface area contributed by atoms with E-state index in [0.717, 1.165) is 24.2 Å². The number of amidine groups is 1. The molecule has 0 bridgehead atoms. The number of carbonyl (C=O) groups excluding carboxylic acids is 1. The first-order valence-electron chi connectivity index (χ1n) is 11.5. The molecule has 5 N–H and O–H groups in total. The molecule has 36 heavy (non-hydrogen) atoms. The summed E-state index contributed by atoms with van der Waals surface area (Å²) in [6.07, 6.45) is 2.47. The Hall–Kier alpha value is -4.57. The lowest BCUT2D eigenvalue weighted by Gasteiger charge is -2.28. The lowest BCUT2D eigenvalue weighted by Crippen LogP contribution is -2.37. The number of pyridine rings is 1. The van der Waals surface area contributed by atoms with Crippen LogP contribution < -0.4 is 21.5 Å². The predicted molar refractivity (Wildman–Crippen MR) is 139 cm³/mol. The summed E-state index contributed by atoms with van der Waals surface area (Å²) in [6.45, 7) is 1.97. The summed E-state index contributed by atoms with van der Waals surface area (Å²) in [5.74, 6) is 1.28. The first-order valence-corrected chi connectivity index (χ1v) is 11.5. The summed E-state index contributed by atoms with van der Waals surface area (Å²) in [7, 11) is 1.58. The van der Waals surface area contributed by atoms with Crippen LogP contribution in [0.4, 0.5) is 17.5 Å². The molecule has 0 radical (unpaired) electrons. The van der Waals surface area contributed by atoms with Gasteiger partial charge in [0.05, 0.1) is 13.7 Å². The zero-order valence-corrected chi connectivity index (χ0v) is 19.8. The van der Waals surface area contributed by atoms with Crippen molar-refractivity contribution >= 4 is 40.1 Å². The monoisotopic (exact) mass is 482 g/mol. The number of aliphatic imine (C=N–C) groups is 1. The molecule has 4 aromatic rings. The third kappa shape index (κ3) is 4.93. The van der Waals surface area contributed by atoms with Crippen LogP contribution in [0.3, 0.4) is 0 Å². The molecule has 2 aromatic carbocycles. The standard InChI is InChI=1S/C26H26N8O2/c1-36-21-7-4-5-19-23(21)32-26(28)33-24(19)31-22(27)15-34-12-10-16-8-9-18(13-17(16)14-34)30-25(35)20-6-2-3-11-29-20/h2-9,11,13H,10,12,14-15H2,1H3,(H,30,35)(H4,27,28,31,32,33). The number of nitrogen functional groups attached to an aromatic ring is 1. The van der Waals surface area contributed by atoms with Gasteiger partial charge in [0.1, 0.15) is 22.8 Å². The van der Waals surface area contributed by atoms with E-state index < -0.39 is 0 Å². The van der Waals surface area contributed by atoms with E-state index >= 15 is 0 Å². The summed E-state index contributed by atoms with van der Waals surface area (Å²) in [5.41, 5.74) is 16.3. The number of ether oxygens (including phenoxy) is 1. The Morgan fingerprint density at radius 3 is 2.83 bits per heavy atom. The molecule has 0 saturated carbocycles. The molecule has 0 unspecified atom stereocenters. The Morgan fingerprint density at radius 1 is 1.14 bits per heavy atom. The highest BCUT2D eigenvalue weighted by atomic mass is 16.5. The van der Waals surface area contributed by atoms with E-state index in [4.69, 9.17) is 16.2 Å². The van der Waals surface area contributed by atoms with E-state index in [2.05, 4.69) is 36.2 Å². The average Bonchev–Trinajstić information content (AvgIpc) is 2.88. The predicted octanol–water partition coefficient (Wildman–Crippen LogP) is 2.91. The highest BCUT2D eigenvalue weighted by molar-refractivity contribution is 6.02. The molecule has 0 saturated heterocycles. The number of methoxy groups -OCH3 is 1. The second-order valence-corrected chi connectivity index (χ2v) is 8.48. The summed E-state index contributed by atoms with van der Waals surface area (Å²) in [6, 6.07) is 16.7. The molecule has 0 spiro atoms. The van der Waals surface area contributed by atoms with Gasteiger partial charge >= 0.3 is 0 Å². The number of nitrogens with one attached hydrogen (secondary N) is 1. The smallest absolute Gasteiger partial charge is 0.274 e. The molecule has 2 aromatic heterocycles. The highest BCUT2D eigenvalue weighted by Gasteiger charge is 2.19. The second-order valence-electron chi connectivity index (χ2n) is 8.48. The Labute approximate surface area is 208 Å². The Bertz CT molecular complexity index is 1460. The number of nitrogens with zero attached hydrogens (tertiary/aromatic N) is 5. The van der Waals surface area contributed by atoms with Crippen LogP contribution >= 0.6 is 0 Å². The minimum atomic E-state index is -0.243. The van der Waals surface area contributed by atoms with Crippen LogP contribution in [-0.4, -0.2) is 51.8 Å². The van der Waals surface area contributed by atoms with Gasteiger partial charge in [0.25, 0.3) is 5.91 Å². The zero-order chi connectivity index (χ0) is 25.1. The van der Waals surface area contributed by atoms with Crippen molar-refractivity contribution in [2.75, 3.05) is 31.2 Å². The molecule has 10 heteroatoms. The minimum absolute atomic E-state index is 0.103. The van der Waals surface area contributed by atoms with Gasteiger partial charge in [0.2, 0.25) is 5.95 Å². The molecule has 1 aliphatic heterocycles. The van der Waals surface area contributed by atoms with Gasteiger partial charge in [-0.25, -0.2) is 9.98 Å². The SMILES string of the molecule is COc1cccc2c(N=C(N)CN3CCc4ccc(NC(=O)c5ccccn5)cc4C3)nc(N)nc12. The maximum Gasteiger partial charge on any atom is 0.274 e. The van der Waals surface area contributed by atoms with Crippen molar-refractivity contribution in [3.05, 3.63) is 77.6 Å². The van der Waals surface area contributed by atoms with Gasteiger partial charge in [-0.15, -0.1) is 0 Å². The van der Waals surface area contributed by atoms with E-state index in [1.54, 1.807) is 31.5 Å². The number of carbonyl (C=O) groups is 1. The molecular formula is C26H26N8O2. The molecule has 10 nitrogen and oxygen atoms in total. The number of fused-ring (bicyclic) bond motifs is 2. The van der Waals surface area contributed by atoms with Gasteiger partial charge in [-0.3, -0.25) is 14.7 Å². The molecule has 0 fully saturated rings. The summed E-state index contributed by atoms with van der Waals surface area (Å²) in [4.78, 5) is 31.9. The van der Waals surface area contributed by atoms with E-state index in [1.165, 1.54) is 5.56 Å². The first-order chi connectivity index (χ1) is 17.5. The third-order valence-electron chi connectivity index (χ3n) is 5.99. The number of nitrogens with two attached hydrogens (primary N) is 2. The molecule has 5 rings (SSSR count).